The van der Waals surface area contributed by atoms with Crippen molar-refractivity contribution in [2.24, 2.45) is 0 Å². The molecule has 6 nitrogen and oxygen atoms in total. The Morgan fingerprint density at radius 3 is 2.71 bits per heavy atom. The molecule has 2 heterocycles. The number of benzene rings is 1. The molecule has 1 aromatic heterocycles. The summed E-state index contributed by atoms with van der Waals surface area (Å²) >= 11 is 3.15. The van der Waals surface area contributed by atoms with Gasteiger partial charge in [0.1, 0.15) is 5.82 Å². The lowest BCUT2D eigenvalue weighted by molar-refractivity contribution is 0.122. The molecule has 0 saturated carbocycles. The third kappa shape index (κ3) is 2.96. The zero-order valence-electron chi connectivity index (χ0n) is 11.1. The molecule has 8 heteroatoms. The molecule has 1 aromatic carbocycles. The summed E-state index contributed by atoms with van der Waals surface area (Å²) in [4.78, 5) is 14.4. The fourth-order valence-electron chi connectivity index (χ4n) is 2.08. The average molecular weight is 354 g/mol. The minimum Gasteiger partial charge on any atom is -0.378 e. The Bertz CT molecular complexity index is 663. The van der Waals surface area contributed by atoms with Crippen molar-refractivity contribution in [1.82, 2.24) is 15.0 Å². The van der Waals surface area contributed by atoms with Crippen molar-refractivity contribution in [2.45, 2.75) is 0 Å². The first-order chi connectivity index (χ1) is 10.1. The molecule has 0 unspecified atom stereocenters. The predicted octanol–water partition coefficient (Wildman–Crippen LogP) is 1.86. The normalized spacial score (nSPS) is 15.2. The summed E-state index contributed by atoms with van der Waals surface area (Å²) in [6.45, 7) is 2.55. The summed E-state index contributed by atoms with van der Waals surface area (Å²) in [5, 5.41) is 0. The van der Waals surface area contributed by atoms with Crippen LogP contribution in [0.2, 0.25) is 0 Å². The first kappa shape index (κ1) is 14.2. The quantitative estimate of drug-likeness (QED) is 0.887. The fraction of sp³-hybridized carbons (Fsp3) is 0.308. The summed E-state index contributed by atoms with van der Waals surface area (Å²) in [6, 6.07) is 4.95. The molecule has 0 atom stereocenters. The van der Waals surface area contributed by atoms with Crippen molar-refractivity contribution >= 4 is 27.8 Å². The van der Waals surface area contributed by atoms with E-state index in [1.54, 1.807) is 18.2 Å². The molecule has 21 heavy (non-hydrogen) atoms. The fourth-order valence-corrected chi connectivity index (χ4v) is 2.45. The minimum absolute atomic E-state index is 0.0702. The average Bonchev–Trinajstić information content (AvgIpc) is 2.50. The molecule has 0 amide bonds. The van der Waals surface area contributed by atoms with Gasteiger partial charge in [0.05, 0.1) is 23.2 Å². The first-order valence-corrected chi connectivity index (χ1v) is 7.23. The van der Waals surface area contributed by atoms with Gasteiger partial charge in [-0.25, -0.2) is 4.39 Å². The number of ether oxygens (including phenoxy) is 1. The monoisotopic (exact) mass is 353 g/mol. The standard InChI is InChI=1S/C13H13BrFN5O/c14-9-3-1-2-8(10(9)15)11-17-12(16)19-13(18-11)20-4-6-21-7-5-20/h1-3H,4-7H2,(H2,16,17,18,19). The summed E-state index contributed by atoms with van der Waals surface area (Å²) in [5.41, 5.74) is 6.02. The second-order valence-corrected chi connectivity index (χ2v) is 5.37. The number of nitrogens with two attached hydrogens (primary N) is 1. The smallest absolute Gasteiger partial charge is 0.230 e. The molecule has 0 radical (unpaired) electrons. The Hall–Kier alpha value is -1.80. The summed E-state index contributed by atoms with van der Waals surface area (Å²) < 4.78 is 19.8. The number of hydrogen-bond donors (Lipinski definition) is 1. The van der Waals surface area contributed by atoms with Crippen molar-refractivity contribution in [3.8, 4) is 11.4 Å². The molecule has 0 spiro atoms. The van der Waals surface area contributed by atoms with Crippen LogP contribution in [0.15, 0.2) is 22.7 Å². The molecule has 2 aromatic rings. The van der Waals surface area contributed by atoms with E-state index in [0.29, 0.717) is 36.7 Å². The van der Waals surface area contributed by atoms with Crippen LogP contribution in [0.5, 0.6) is 0 Å². The lowest BCUT2D eigenvalue weighted by Gasteiger charge is -2.26. The second-order valence-electron chi connectivity index (χ2n) is 4.52. The molecule has 1 aliphatic heterocycles. The van der Waals surface area contributed by atoms with Crippen molar-refractivity contribution in [1.29, 1.82) is 0 Å². The number of aromatic nitrogens is 3. The van der Waals surface area contributed by atoms with Crippen LogP contribution < -0.4 is 10.6 Å². The largest absolute Gasteiger partial charge is 0.378 e. The van der Waals surface area contributed by atoms with Crippen molar-refractivity contribution < 1.29 is 9.13 Å². The molecule has 0 aliphatic carbocycles. The number of halogens is 2. The van der Waals surface area contributed by atoms with Crippen LogP contribution in [0.1, 0.15) is 0 Å². The molecule has 1 aliphatic rings. The van der Waals surface area contributed by atoms with Gasteiger partial charge in [0, 0.05) is 13.1 Å². The van der Waals surface area contributed by atoms with E-state index in [2.05, 4.69) is 30.9 Å². The summed E-state index contributed by atoms with van der Waals surface area (Å²) in [7, 11) is 0. The van der Waals surface area contributed by atoms with Crippen LogP contribution in [-0.4, -0.2) is 41.3 Å². The predicted molar refractivity (Wildman–Crippen MR) is 80.4 cm³/mol. The zero-order valence-corrected chi connectivity index (χ0v) is 12.7. The van der Waals surface area contributed by atoms with Gasteiger partial charge in [0.2, 0.25) is 11.9 Å². The van der Waals surface area contributed by atoms with E-state index in [9.17, 15) is 4.39 Å². The number of morpholine rings is 1. The molecule has 1 fully saturated rings. The van der Waals surface area contributed by atoms with Gasteiger partial charge in [0.15, 0.2) is 5.82 Å². The third-order valence-electron chi connectivity index (χ3n) is 3.13. The number of hydrogen-bond acceptors (Lipinski definition) is 6. The maximum atomic E-state index is 14.2. The maximum absolute atomic E-state index is 14.2. The number of nitrogens with zero attached hydrogens (tertiary/aromatic N) is 4. The molecular weight excluding hydrogens is 341 g/mol. The first-order valence-electron chi connectivity index (χ1n) is 6.44. The SMILES string of the molecule is Nc1nc(-c2cccc(Br)c2F)nc(N2CCOCC2)n1. The third-order valence-corrected chi connectivity index (χ3v) is 3.74. The van der Waals surface area contributed by atoms with E-state index in [1.807, 2.05) is 4.90 Å². The van der Waals surface area contributed by atoms with E-state index >= 15 is 0 Å². The Kier molecular flexibility index (Phi) is 3.98. The van der Waals surface area contributed by atoms with Crippen LogP contribution >= 0.6 is 15.9 Å². The topological polar surface area (TPSA) is 77.2 Å². The molecular formula is C13H13BrFN5O. The summed E-state index contributed by atoms with van der Waals surface area (Å²) in [6.07, 6.45) is 0. The van der Waals surface area contributed by atoms with Gasteiger partial charge < -0.3 is 15.4 Å². The highest BCUT2D eigenvalue weighted by atomic mass is 79.9. The maximum Gasteiger partial charge on any atom is 0.230 e. The van der Waals surface area contributed by atoms with E-state index in [0.717, 1.165) is 0 Å². The highest BCUT2D eigenvalue weighted by Gasteiger charge is 2.18. The Morgan fingerprint density at radius 2 is 1.95 bits per heavy atom. The van der Waals surface area contributed by atoms with E-state index in [1.165, 1.54) is 0 Å². The second kappa shape index (κ2) is 5.90. The van der Waals surface area contributed by atoms with Crippen LogP contribution in [-0.2, 0) is 4.74 Å². The van der Waals surface area contributed by atoms with E-state index < -0.39 is 5.82 Å². The lowest BCUT2D eigenvalue weighted by atomic mass is 10.2. The van der Waals surface area contributed by atoms with Crippen LogP contribution in [0, 0.1) is 5.82 Å². The lowest BCUT2D eigenvalue weighted by Crippen LogP contribution is -2.37. The highest BCUT2D eigenvalue weighted by molar-refractivity contribution is 9.10. The number of rotatable bonds is 2. The van der Waals surface area contributed by atoms with Gasteiger partial charge in [-0.15, -0.1) is 0 Å². The van der Waals surface area contributed by atoms with Gasteiger partial charge in [-0.2, -0.15) is 15.0 Å². The summed E-state index contributed by atoms with van der Waals surface area (Å²) in [5.74, 6) is 0.319. The van der Waals surface area contributed by atoms with Crippen molar-refractivity contribution in [3.63, 3.8) is 0 Å². The van der Waals surface area contributed by atoms with Crippen LogP contribution in [0.3, 0.4) is 0 Å². The number of nitrogen functional groups attached to an aromatic ring is 1. The molecule has 3 rings (SSSR count). The zero-order chi connectivity index (χ0) is 14.8. The van der Waals surface area contributed by atoms with Crippen LogP contribution in [0.25, 0.3) is 11.4 Å². The Labute approximate surface area is 129 Å². The van der Waals surface area contributed by atoms with Crippen molar-refractivity contribution in [3.05, 3.63) is 28.5 Å². The molecule has 0 bridgehead atoms. The highest BCUT2D eigenvalue weighted by Crippen LogP contribution is 2.26. The van der Waals surface area contributed by atoms with E-state index in [-0.39, 0.29) is 17.3 Å². The van der Waals surface area contributed by atoms with Crippen molar-refractivity contribution in [2.75, 3.05) is 36.9 Å². The minimum atomic E-state index is -0.420. The Balaban J connectivity index is 2.03. The van der Waals surface area contributed by atoms with Gasteiger partial charge in [-0.1, -0.05) is 6.07 Å². The molecule has 110 valence electrons. The Morgan fingerprint density at radius 1 is 1.19 bits per heavy atom. The molecule has 1 saturated heterocycles. The molecule has 2 N–H and O–H groups in total. The number of anilines is 2. The van der Waals surface area contributed by atoms with Gasteiger partial charge in [-0.3, -0.25) is 0 Å². The van der Waals surface area contributed by atoms with Gasteiger partial charge in [0.25, 0.3) is 0 Å². The van der Waals surface area contributed by atoms with Gasteiger partial charge in [-0.05, 0) is 28.1 Å². The van der Waals surface area contributed by atoms with Crippen LogP contribution in [0.4, 0.5) is 16.3 Å². The van der Waals surface area contributed by atoms with Gasteiger partial charge >= 0.3 is 0 Å². The van der Waals surface area contributed by atoms with E-state index in [4.69, 9.17) is 10.5 Å².